The number of nitrogens with zero attached hydrogens (tertiary/aromatic N) is 4. The van der Waals surface area contributed by atoms with Gasteiger partial charge in [0.1, 0.15) is 0 Å². The van der Waals surface area contributed by atoms with Gasteiger partial charge in [-0.3, -0.25) is 0 Å². The van der Waals surface area contributed by atoms with E-state index in [0.29, 0.717) is 22.9 Å². The zero-order valence-corrected chi connectivity index (χ0v) is 16.0. The summed E-state index contributed by atoms with van der Waals surface area (Å²) in [4.78, 5) is 0. The number of thioether (sulfide) groups is 1. The predicted octanol–water partition coefficient (Wildman–Crippen LogP) is 5.26. The first-order valence-corrected chi connectivity index (χ1v) is 9.44. The van der Waals surface area contributed by atoms with Crippen molar-refractivity contribution in [1.82, 2.24) is 20.4 Å². The van der Waals surface area contributed by atoms with Crippen molar-refractivity contribution in [2.45, 2.75) is 31.2 Å². The Labute approximate surface area is 161 Å². The Bertz CT molecular complexity index is 1040. The maximum atomic E-state index is 5.81. The molecule has 0 saturated carbocycles. The van der Waals surface area contributed by atoms with Gasteiger partial charge < -0.3 is 8.83 Å². The molecular formula is C20H18N4O2S. The molecule has 0 N–H and O–H groups in total. The largest absolute Gasteiger partial charge is 0.419 e. The van der Waals surface area contributed by atoms with Gasteiger partial charge in [0.25, 0.3) is 5.22 Å². The third-order valence-corrected chi connectivity index (χ3v) is 4.88. The van der Waals surface area contributed by atoms with Gasteiger partial charge >= 0.3 is 0 Å². The highest BCUT2D eigenvalue weighted by atomic mass is 32.2. The topological polar surface area (TPSA) is 77.8 Å². The SMILES string of the molecule is Cc1cc(C)cc(-c2nnc(S[C@H](C)c3nnc(-c4ccccc4)o3)o2)c1. The second-order valence-electron chi connectivity index (χ2n) is 6.32. The monoisotopic (exact) mass is 378 g/mol. The lowest BCUT2D eigenvalue weighted by Crippen LogP contribution is -1.88. The first-order chi connectivity index (χ1) is 13.1. The Morgan fingerprint density at radius 2 is 1.44 bits per heavy atom. The van der Waals surface area contributed by atoms with Gasteiger partial charge in [-0.15, -0.1) is 20.4 Å². The van der Waals surface area contributed by atoms with Crippen LogP contribution in [0, 0.1) is 13.8 Å². The quantitative estimate of drug-likeness (QED) is 0.438. The van der Waals surface area contributed by atoms with Crippen LogP contribution in [0.4, 0.5) is 0 Å². The van der Waals surface area contributed by atoms with Crippen LogP contribution in [0.25, 0.3) is 22.9 Å². The number of aryl methyl sites for hydroxylation is 2. The summed E-state index contributed by atoms with van der Waals surface area (Å²) in [6, 6.07) is 15.9. The van der Waals surface area contributed by atoms with Gasteiger partial charge in [0.2, 0.25) is 17.7 Å². The van der Waals surface area contributed by atoms with E-state index in [2.05, 4.69) is 26.5 Å². The van der Waals surface area contributed by atoms with Gasteiger partial charge in [-0.25, -0.2) is 0 Å². The van der Waals surface area contributed by atoms with Gasteiger partial charge in [-0.2, -0.15) is 0 Å². The van der Waals surface area contributed by atoms with Crippen LogP contribution in [0.15, 0.2) is 62.6 Å². The average Bonchev–Trinajstić information content (AvgIpc) is 3.31. The van der Waals surface area contributed by atoms with Gasteiger partial charge in [0.05, 0.1) is 5.25 Å². The molecule has 2 aromatic carbocycles. The molecule has 0 amide bonds. The molecule has 0 saturated heterocycles. The molecule has 0 spiro atoms. The molecular weight excluding hydrogens is 360 g/mol. The smallest absolute Gasteiger partial charge is 0.277 e. The first kappa shape index (κ1) is 17.5. The van der Waals surface area contributed by atoms with E-state index in [4.69, 9.17) is 8.83 Å². The van der Waals surface area contributed by atoms with Crippen molar-refractivity contribution in [3.63, 3.8) is 0 Å². The number of aromatic nitrogens is 4. The van der Waals surface area contributed by atoms with E-state index in [1.54, 1.807) is 0 Å². The number of hydrogen-bond donors (Lipinski definition) is 0. The van der Waals surface area contributed by atoms with Crippen LogP contribution in [0.3, 0.4) is 0 Å². The predicted molar refractivity (Wildman–Crippen MR) is 103 cm³/mol. The highest BCUT2D eigenvalue weighted by Gasteiger charge is 2.20. The minimum Gasteiger partial charge on any atom is -0.419 e. The minimum atomic E-state index is -0.109. The van der Waals surface area contributed by atoms with E-state index in [-0.39, 0.29) is 5.25 Å². The molecule has 2 aromatic heterocycles. The lowest BCUT2D eigenvalue weighted by Gasteiger charge is -2.02. The molecule has 2 heterocycles. The molecule has 0 fully saturated rings. The zero-order valence-electron chi connectivity index (χ0n) is 15.2. The molecule has 136 valence electrons. The van der Waals surface area contributed by atoms with Crippen LogP contribution in [-0.4, -0.2) is 20.4 Å². The van der Waals surface area contributed by atoms with E-state index in [9.17, 15) is 0 Å². The van der Waals surface area contributed by atoms with E-state index in [1.165, 1.54) is 11.8 Å². The molecule has 0 radical (unpaired) electrons. The fraction of sp³-hybridized carbons (Fsp3) is 0.200. The summed E-state index contributed by atoms with van der Waals surface area (Å²) in [5.74, 6) is 1.52. The minimum absolute atomic E-state index is 0.109. The molecule has 0 bridgehead atoms. The van der Waals surface area contributed by atoms with Crippen LogP contribution in [-0.2, 0) is 0 Å². The zero-order chi connectivity index (χ0) is 18.8. The van der Waals surface area contributed by atoms with Crippen molar-refractivity contribution in [2.24, 2.45) is 0 Å². The van der Waals surface area contributed by atoms with Crippen molar-refractivity contribution in [3.05, 3.63) is 65.5 Å². The van der Waals surface area contributed by atoms with Crippen LogP contribution in [0.2, 0.25) is 0 Å². The van der Waals surface area contributed by atoms with Crippen molar-refractivity contribution < 1.29 is 8.83 Å². The lowest BCUT2D eigenvalue weighted by molar-refractivity contribution is 0.461. The van der Waals surface area contributed by atoms with E-state index >= 15 is 0 Å². The van der Waals surface area contributed by atoms with Crippen molar-refractivity contribution in [3.8, 4) is 22.9 Å². The molecule has 0 aliphatic rings. The van der Waals surface area contributed by atoms with Crippen molar-refractivity contribution >= 4 is 11.8 Å². The number of hydrogen-bond acceptors (Lipinski definition) is 7. The Balaban J connectivity index is 1.50. The molecule has 1 atom stereocenters. The van der Waals surface area contributed by atoms with Gasteiger partial charge in [-0.05, 0) is 45.0 Å². The maximum Gasteiger partial charge on any atom is 0.277 e. The Kier molecular flexibility index (Phi) is 4.77. The summed E-state index contributed by atoms with van der Waals surface area (Å²) in [5, 5.41) is 16.9. The molecule has 4 rings (SSSR count). The molecule has 0 aliphatic heterocycles. The summed E-state index contributed by atoms with van der Waals surface area (Å²) < 4.78 is 11.6. The van der Waals surface area contributed by atoms with Gasteiger partial charge in [-0.1, -0.05) is 47.2 Å². The highest BCUT2D eigenvalue weighted by molar-refractivity contribution is 7.99. The van der Waals surface area contributed by atoms with Crippen LogP contribution in [0.5, 0.6) is 0 Å². The second kappa shape index (κ2) is 7.36. The first-order valence-electron chi connectivity index (χ1n) is 8.56. The second-order valence-corrected chi connectivity index (χ2v) is 7.61. The fourth-order valence-electron chi connectivity index (χ4n) is 2.77. The third-order valence-electron chi connectivity index (χ3n) is 3.96. The Morgan fingerprint density at radius 1 is 0.778 bits per heavy atom. The summed E-state index contributed by atoms with van der Waals surface area (Å²) in [6.07, 6.45) is 0. The molecule has 27 heavy (non-hydrogen) atoms. The van der Waals surface area contributed by atoms with Crippen LogP contribution >= 0.6 is 11.8 Å². The Morgan fingerprint density at radius 3 is 2.19 bits per heavy atom. The summed E-state index contributed by atoms with van der Waals surface area (Å²) in [7, 11) is 0. The third kappa shape index (κ3) is 3.93. The number of benzene rings is 2. The van der Waals surface area contributed by atoms with Crippen LogP contribution < -0.4 is 0 Å². The van der Waals surface area contributed by atoms with E-state index in [0.717, 1.165) is 22.3 Å². The Hall–Kier alpha value is -2.93. The van der Waals surface area contributed by atoms with E-state index in [1.807, 2.05) is 63.2 Å². The van der Waals surface area contributed by atoms with Crippen LogP contribution in [0.1, 0.15) is 29.2 Å². The lowest BCUT2D eigenvalue weighted by atomic mass is 10.1. The molecule has 0 aliphatic carbocycles. The molecule has 7 heteroatoms. The molecule has 0 unspecified atom stereocenters. The highest BCUT2D eigenvalue weighted by Crippen LogP contribution is 2.35. The van der Waals surface area contributed by atoms with Gasteiger partial charge in [0.15, 0.2) is 0 Å². The van der Waals surface area contributed by atoms with Crippen molar-refractivity contribution in [1.29, 1.82) is 0 Å². The normalized spacial score (nSPS) is 12.3. The fourth-order valence-corrected chi connectivity index (χ4v) is 3.48. The molecule has 4 aromatic rings. The van der Waals surface area contributed by atoms with Gasteiger partial charge in [0, 0.05) is 11.1 Å². The van der Waals surface area contributed by atoms with E-state index < -0.39 is 0 Å². The van der Waals surface area contributed by atoms with Crippen molar-refractivity contribution in [2.75, 3.05) is 0 Å². The maximum absolute atomic E-state index is 5.81. The average molecular weight is 378 g/mol. The summed E-state index contributed by atoms with van der Waals surface area (Å²) in [5.41, 5.74) is 4.13. The standard InChI is InChI=1S/C20H18N4O2S/c1-12-9-13(2)11-16(10-12)19-23-24-20(26-19)27-14(3)17-21-22-18(25-17)15-7-5-4-6-8-15/h4-11,14H,1-3H3/t14-/m1/s1. The molecule has 6 nitrogen and oxygen atoms in total. The summed E-state index contributed by atoms with van der Waals surface area (Å²) >= 11 is 1.39. The summed E-state index contributed by atoms with van der Waals surface area (Å²) in [6.45, 7) is 6.06. The number of rotatable bonds is 5.